The van der Waals surface area contributed by atoms with Crippen LogP contribution >= 0.6 is 8.25 Å². The van der Waals surface area contributed by atoms with Gasteiger partial charge in [-0.1, -0.05) is 0 Å². The molecule has 0 amide bonds. The second kappa shape index (κ2) is 9.97. The Morgan fingerprint density at radius 3 is 1.62 bits per heavy atom. The second-order valence-corrected chi connectivity index (χ2v) is 3.60. The van der Waals surface area contributed by atoms with Crippen molar-refractivity contribution in [3.05, 3.63) is 0 Å². The summed E-state index contributed by atoms with van der Waals surface area (Å²) >= 11 is 0. The van der Waals surface area contributed by atoms with E-state index in [0.717, 1.165) is 0 Å². The van der Waals surface area contributed by atoms with E-state index in [1.54, 1.807) is 0 Å². The molecule has 0 rings (SSSR count). The fourth-order valence-corrected chi connectivity index (χ4v) is 1.08. The molecule has 9 nitrogen and oxygen atoms in total. The summed E-state index contributed by atoms with van der Waals surface area (Å²) in [6.45, 7) is -0.541. The minimum atomic E-state index is -2.34. The Balaban J connectivity index is 3.25. The van der Waals surface area contributed by atoms with Crippen molar-refractivity contribution in [2.24, 2.45) is 0 Å². The van der Waals surface area contributed by atoms with Gasteiger partial charge in [-0.3, -0.25) is 10.6 Å². The number of nitrogens with one attached hydrogen (secondary N) is 2. The Morgan fingerprint density at radius 2 is 1.31 bits per heavy atom. The van der Waals surface area contributed by atoms with E-state index in [2.05, 4.69) is 19.7 Å². The summed E-state index contributed by atoms with van der Waals surface area (Å²) in [4.78, 5) is 0. The van der Waals surface area contributed by atoms with E-state index < -0.39 is 20.8 Å². The molecule has 0 aromatic rings. The van der Waals surface area contributed by atoms with Crippen LogP contribution in [0.25, 0.3) is 0 Å². The minimum Gasteiger partial charge on any atom is -0.367 e. The number of aliphatic hydroxyl groups excluding tert-OH is 2. The molecule has 16 heavy (non-hydrogen) atoms. The largest absolute Gasteiger partial charge is 0.700 e. The van der Waals surface area contributed by atoms with Crippen molar-refractivity contribution in [1.29, 1.82) is 0 Å². The van der Waals surface area contributed by atoms with Crippen molar-refractivity contribution >= 4 is 8.25 Å². The third-order valence-corrected chi connectivity index (χ3v) is 1.88. The standard InChI is InChI=1S/C6H16N2O7P/c9-5(10)1-7-3-14-16(13)15-4-8-2-6(11)12/h5-12H,1-4H2/q+1. The predicted octanol–water partition coefficient (Wildman–Crippen LogP) is -2.61. The summed E-state index contributed by atoms with van der Waals surface area (Å²) in [5.74, 6) is 0. The van der Waals surface area contributed by atoms with E-state index in [0.29, 0.717) is 0 Å². The molecule has 0 spiro atoms. The van der Waals surface area contributed by atoms with Crippen LogP contribution in [0.15, 0.2) is 0 Å². The van der Waals surface area contributed by atoms with Gasteiger partial charge in [-0.05, 0) is 0 Å². The Bertz CT molecular complexity index is 174. The maximum Gasteiger partial charge on any atom is 0.700 e. The molecule has 0 aliphatic carbocycles. The van der Waals surface area contributed by atoms with Gasteiger partial charge < -0.3 is 20.4 Å². The van der Waals surface area contributed by atoms with Crippen molar-refractivity contribution in [3.63, 3.8) is 0 Å². The van der Waals surface area contributed by atoms with Crippen LogP contribution in [0, 0.1) is 0 Å². The lowest BCUT2D eigenvalue weighted by Gasteiger charge is -2.02. The van der Waals surface area contributed by atoms with E-state index in [-0.39, 0.29) is 26.6 Å². The average Bonchev–Trinajstić information content (AvgIpc) is 2.19. The highest BCUT2D eigenvalue weighted by molar-refractivity contribution is 7.33. The molecule has 0 aliphatic rings. The Kier molecular flexibility index (Phi) is 9.83. The summed E-state index contributed by atoms with van der Waals surface area (Å²) in [5.41, 5.74) is 0. The number of hydrogen-bond donors (Lipinski definition) is 6. The van der Waals surface area contributed by atoms with Crippen molar-refractivity contribution < 1.29 is 34.0 Å². The van der Waals surface area contributed by atoms with Gasteiger partial charge in [0.1, 0.15) is 0 Å². The molecule has 0 saturated heterocycles. The molecular formula is C6H16N2O7P+. The topological polar surface area (TPSA) is 141 Å². The Hall–Kier alpha value is -0.220. The molecule has 0 aromatic carbocycles. The molecule has 0 heterocycles. The quantitative estimate of drug-likeness (QED) is 0.141. The van der Waals surface area contributed by atoms with Gasteiger partial charge >= 0.3 is 8.25 Å². The van der Waals surface area contributed by atoms with Crippen LogP contribution in [-0.4, -0.2) is 59.6 Å². The molecule has 0 unspecified atom stereocenters. The van der Waals surface area contributed by atoms with Crippen molar-refractivity contribution in [1.82, 2.24) is 10.6 Å². The minimum absolute atomic E-state index is 0.113. The zero-order chi connectivity index (χ0) is 12.4. The van der Waals surface area contributed by atoms with Crippen molar-refractivity contribution in [2.75, 3.05) is 26.6 Å². The van der Waals surface area contributed by atoms with Gasteiger partial charge in [0.2, 0.25) is 0 Å². The van der Waals surface area contributed by atoms with E-state index in [9.17, 15) is 4.57 Å². The number of rotatable bonds is 10. The first kappa shape index (κ1) is 15.8. The lowest BCUT2D eigenvalue weighted by molar-refractivity contribution is -0.0405. The summed E-state index contributed by atoms with van der Waals surface area (Å²) < 4.78 is 20.1. The van der Waals surface area contributed by atoms with Gasteiger partial charge in [0.25, 0.3) is 0 Å². The summed E-state index contributed by atoms with van der Waals surface area (Å²) in [6.07, 6.45) is -3.01. The molecule has 6 N–H and O–H groups in total. The van der Waals surface area contributed by atoms with Crippen LogP contribution in [-0.2, 0) is 13.6 Å². The zero-order valence-corrected chi connectivity index (χ0v) is 9.34. The van der Waals surface area contributed by atoms with Gasteiger partial charge in [-0.2, -0.15) is 0 Å². The highest BCUT2D eigenvalue weighted by Gasteiger charge is 2.19. The van der Waals surface area contributed by atoms with E-state index in [1.165, 1.54) is 0 Å². The molecular weight excluding hydrogens is 243 g/mol. The number of aliphatic hydroxyl groups is 4. The maximum atomic E-state index is 10.9. The zero-order valence-electron chi connectivity index (χ0n) is 8.44. The smallest absolute Gasteiger partial charge is 0.367 e. The third-order valence-electron chi connectivity index (χ3n) is 1.20. The third kappa shape index (κ3) is 11.9. The van der Waals surface area contributed by atoms with Crippen LogP contribution in [0.5, 0.6) is 0 Å². The average molecular weight is 259 g/mol. The van der Waals surface area contributed by atoms with Crippen molar-refractivity contribution in [2.45, 2.75) is 12.6 Å². The van der Waals surface area contributed by atoms with Crippen LogP contribution in [0.1, 0.15) is 0 Å². The maximum absolute atomic E-state index is 10.9. The molecule has 0 fully saturated rings. The summed E-state index contributed by atoms with van der Waals surface area (Å²) in [7, 11) is -2.34. The fraction of sp³-hybridized carbons (Fsp3) is 1.00. The molecule has 0 aromatic heterocycles. The first-order valence-corrected chi connectivity index (χ1v) is 5.48. The Labute approximate surface area is 92.9 Å². The summed E-state index contributed by atoms with van der Waals surface area (Å²) in [5, 5.41) is 38.6. The van der Waals surface area contributed by atoms with Gasteiger partial charge in [-0.15, -0.1) is 9.05 Å². The van der Waals surface area contributed by atoms with Crippen molar-refractivity contribution in [3.8, 4) is 0 Å². The van der Waals surface area contributed by atoms with E-state index >= 15 is 0 Å². The molecule has 0 bridgehead atoms. The molecule has 10 heteroatoms. The van der Waals surface area contributed by atoms with Gasteiger partial charge in [0.05, 0.1) is 0 Å². The highest BCUT2D eigenvalue weighted by atomic mass is 31.1. The van der Waals surface area contributed by atoms with E-state index in [1.807, 2.05) is 0 Å². The predicted molar refractivity (Wildman–Crippen MR) is 52.0 cm³/mol. The van der Waals surface area contributed by atoms with E-state index in [4.69, 9.17) is 20.4 Å². The molecule has 0 atom stereocenters. The number of hydrogen-bond acceptors (Lipinski definition) is 9. The normalized spacial score (nSPS) is 11.4. The van der Waals surface area contributed by atoms with Crippen LogP contribution in [0.3, 0.4) is 0 Å². The van der Waals surface area contributed by atoms with Crippen LogP contribution in [0.2, 0.25) is 0 Å². The molecule has 0 saturated carbocycles. The first-order valence-electron chi connectivity index (χ1n) is 4.39. The monoisotopic (exact) mass is 259 g/mol. The summed E-state index contributed by atoms with van der Waals surface area (Å²) in [6, 6.07) is 0. The van der Waals surface area contributed by atoms with Crippen LogP contribution < -0.4 is 10.6 Å². The SMILES string of the molecule is O=[P+](OCNCC(O)O)OCNCC(O)O. The second-order valence-electron chi connectivity index (χ2n) is 2.64. The molecule has 0 radical (unpaired) electrons. The molecule has 96 valence electrons. The first-order chi connectivity index (χ1) is 7.52. The Morgan fingerprint density at radius 1 is 0.938 bits per heavy atom. The van der Waals surface area contributed by atoms with Crippen LogP contribution in [0.4, 0.5) is 0 Å². The van der Waals surface area contributed by atoms with Gasteiger partial charge in [-0.25, -0.2) is 0 Å². The fourth-order valence-electron chi connectivity index (χ4n) is 0.610. The lowest BCUT2D eigenvalue weighted by Crippen LogP contribution is -2.28. The highest BCUT2D eigenvalue weighted by Crippen LogP contribution is 2.21. The van der Waals surface area contributed by atoms with Gasteiger partial charge in [0, 0.05) is 17.7 Å². The van der Waals surface area contributed by atoms with Gasteiger partial charge in [0.15, 0.2) is 26.0 Å². The molecule has 0 aliphatic heterocycles. The lowest BCUT2D eigenvalue weighted by atomic mass is 10.6.